The molecule has 0 saturated carbocycles. The first-order valence-corrected chi connectivity index (χ1v) is 16.7. The number of carboxylic acid groups (broad SMARTS) is 1. The molecule has 9 heteroatoms. The zero-order valence-electron chi connectivity index (χ0n) is 26.3. The van der Waals surface area contributed by atoms with Crippen LogP contribution in [-0.4, -0.2) is 57.5 Å². The molecule has 4 heterocycles. The molecule has 1 fully saturated rings. The number of fused-ring (bicyclic) bond motifs is 2. The largest absolute Gasteiger partial charge is 0.481 e. The van der Waals surface area contributed by atoms with Crippen molar-refractivity contribution in [1.82, 2.24) is 19.8 Å². The maximum atomic E-state index is 11.4. The summed E-state index contributed by atoms with van der Waals surface area (Å²) in [5, 5.41) is 11.0. The van der Waals surface area contributed by atoms with E-state index in [1.54, 1.807) is 0 Å². The topological polar surface area (TPSA) is 82.7 Å². The Morgan fingerprint density at radius 1 is 1.04 bits per heavy atom. The zero-order chi connectivity index (χ0) is 31.6. The summed E-state index contributed by atoms with van der Waals surface area (Å²) in [5.41, 5.74) is 10.1. The van der Waals surface area contributed by atoms with Gasteiger partial charge in [0, 0.05) is 42.1 Å². The van der Waals surface area contributed by atoms with Gasteiger partial charge in [0.15, 0.2) is 5.58 Å². The zero-order valence-corrected chi connectivity index (χ0v) is 27.8. The van der Waals surface area contributed by atoms with Crippen molar-refractivity contribution in [2.75, 3.05) is 26.7 Å². The summed E-state index contributed by atoms with van der Waals surface area (Å²) < 4.78 is 6.28. The van der Waals surface area contributed by atoms with Crippen LogP contribution in [0.4, 0.5) is 0 Å². The van der Waals surface area contributed by atoms with Gasteiger partial charge in [-0.25, -0.2) is 9.97 Å². The number of likely N-dealkylation sites (N-methyl/N-ethyl adjacent to an activating group) is 1. The lowest BCUT2D eigenvalue weighted by molar-refractivity contribution is -0.141. The molecule has 2 aromatic heterocycles. The number of benzene rings is 3. The maximum Gasteiger partial charge on any atom is 0.307 e. The normalized spacial score (nSPS) is 18.5. The van der Waals surface area contributed by atoms with E-state index in [0.29, 0.717) is 41.5 Å². The molecular formula is C36H37ClN4O3S. The van der Waals surface area contributed by atoms with Crippen LogP contribution in [-0.2, 0) is 23.3 Å². The molecule has 1 atom stereocenters. The highest BCUT2D eigenvalue weighted by molar-refractivity contribution is 7.15. The average molecular weight is 641 g/mol. The predicted octanol–water partition coefficient (Wildman–Crippen LogP) is 8.19. The monoisotopic (exact) mass is 640 g/mol. The van der Waals surface area contributed by atoms with Gasteiger partial charge in [0.2, 0.25) is 5.89 Å². The Hall–Kier alpha value is -3.56. The number of carboxylic acids is 1. The summed E-state index contributed by atoms with van der Waals surface area (Å²) in [5.74, 6) is -0.516. The van der Waals surface area contributed by atoms with Crippen molar-refractivity contribution in [3.05, 3.63) is 80.8 Å². The van der Waals surface area contributed by atoms with Crippen molar-refractivity contribution < 1.29 is 14.3 Å². The summed E-state index contributed by atoms with van der Waals surface area (Å²) >= 11 is 8.52. The van der Waals surface area contributed by atoms with E-state index >= 15 is 0 Å². The van der Waals surface area contributed by atoms with Gasteiger partial charge in [-0.3, -0.25) is 14.6 Å². The smallest absolute Gasteiger partial charge is 0.307 e. The molecule has 5 aromatic rings. The van der Waals surface area contributed by atoms with Crippen LogP contribution >= 0.6 is 22.9 Å². The van der Waals surface area contributed by atoms with Crippen molar-refractivity contribution in [1.29, 1.82) is 0 Å². The fourth-order valence-corrected chi connectivity index (χ4v) is 8.48. The standard InChI is InChI=1S/C36H37ClN4O3S/c1-20-24(25-9-7-11-27(21(25)2)34-39-29-13-14-40(5)36(3,4)32(29)45-34)8-6-10-26(20)33-38-30-17-22(16-28(37)31(30)44-33)18-41-15-12-23(19-41)35(42)43/h6-11,16-17,23H,12-15,18-19H2,1-5H3,(H,42,43)/t23-/m1/s1. The van der Waals surface area contributed by atoms with Crippen LogP contribution in [0.1, 0.15) is 47.5 Å². The third-order valence-corrected chi connectivity index (χ3v) is 11.6. The molecule has 2 aliphatic heterocycles. The van der Waals surface area contributed by atoms with Gasteiger partial charge < -0.3 is 9.52 Å². The molecule has 1 saturated heterocycles. The number of nitrogens with zero attached hydrogens (tertiary/aromatic N) is 4. The molecule has 7 rings (SSSR count). The van der Waals surface area contributed by atoms with Crippen LogP contribution in [0.15, 0.2) is 52.9 Å². The molecule has 45 heavy (non-hydrogen) atoms. The Balaban J connectivity index is 1.22. The second-order valence-corrected chi connectivity index (χ2v) is 14.4. The lowest BCUT2D eigenvalue weighted by Gasteiger charge is -2.38. The number of oxazole rings is 1. The van der Waals surface area contributed by atoms with Gasteiger partial charge in [0.1, 0.15) is 10.5 Å². The van der Waals surface area contributed by atoms with Crippen LogP contribution < -0.4 is 0 Å². The van der Waals surface area contributed by atoms with Crippen LogP contribution in [0, 0.1) is 19.8 Å². The predicted molar refractivity (Wildman–Crippen MR) is 181 cm³/mol. The van der Waals surface area contributed by atoms with E-state index in [9.17, 15) is 9.90 Å². The van der Waals surface area contributed by atoms with Crippen molar-refractivity contribution >= 4 is 40.0 Å². The molecule has 1 N–H and O–H groups in total. The molecule has 0 spiro atoms. The number of thiazole rings is 1. The fourth-order valence-electron chi connectivity index (χ4n) is 6.85. The van der Waals surface area contributed by atoms with Gasteiger partial charge in [0.25, 0.3) is 0 Å². The van der Waals surface area contributed by atoms with E-state index in [1.807, 2.05) is 29.5 Å². The molecule has 0 radical (unpaired) electrons. The van der Waals surface area contributed by atoms with E-state index in [2.05, 4.69) is 74.9 Å². The molecular weight excluding hydrogens is 604 g/mol. The van der Waals surface area contributed by atoms with E-state index < -0.39 is 5.97 Å². The number of aliphatic carboxylic acids is 1. The number of rotatable bonds is 6. The van der Waals surface area contributed by atoms with Gasteiger partial charge in [-0.2, -0.15) is 0 Å². The summed E-state index contributed by atoms with van der Waals surface area (Å²) in [7, 11) is 2.19. The summed E-state index contributed by atoms with van der Waals surface area (Å²) in [4.78, 5) is 27.4. The van der Waals surface area contributed by atoms with Gasteiger partial charge in [-0.15, -0.1) is 11.3 Å². The minimum Gasteiger partial charge on any atom is -0.481 e. The lowest BCUT2D eigenvalue weighted by atomic mass is 9.91. The van der Waals surface area contributed by atoms with Crippen LogP contribution in [0.2, 0.25) is 5.02 Å². The van der Waals surface area contributed by atoms with Gasteiger partial charge >= 0.3 is 5.97 Å². The van der Waals surface area contributed by atoms with Crippen molar-refractivity contribution in [3.8, 4) is 33.2 Å². The fraction of sp³-hybridized carbons (Fsp3) is 0.361. The minimum atomic E-state index is -0.731. The van der Waals surface area contributed by atoms with Crippen LogP contribution in [0.3, 0.4) is 0 Å². The van der Waals surface area contributed by atoms with Crippen LogP contribution in [0.5, 0.6) is 0 Å². The number of likely N-dealkylation sites (tertiary alicyclic amines) is 1. The molecule has 0 amide bonds. The second kappa shape index (κ2) is 11.4. The summed E-state index contributed by atoms with van der Waals surface area (Å²) in [6.45, 7) is 11.8. The Morgan fingerprint density at radius 3 is 2.44 bits per heavy atom. The number of carbonyl (C=O) groups is 1. The van der Waals surface area contributed by atoms with Crippen molar-refractivity contribution in [3.63, 3.8) is 0 Å². The summed E-state index contributed by atoms with van der Waals surface area (Å²) in [6, 6.07) is 16.6. The molecule has 7 nitrogen and oxygen atoms in total. The SMILES string of the molecule is Cc1c(-c2nc3cc(CN4CC[C@@H](C(=O)O)C4)cc(Cl)c3o2)cccc1-c1cccc(-c2nc3c(s2)C(C)(C)N(C)CC3)c1C. The highest BCUT2D eigenvalue weighted by atomic mass is 35.5. The summed E-state index contributed by atoms with van der Waals surface area (Å²) in [6.07, 6.45) is 1.64. The Kier molecular flexibility index (Phi) is 7.60. The van der Waals surface area contributed by atoms with E-state index in [0.717, 1.165) is 52.3 Å². The van der Waals surface area contributed by atoms with E-state index in [1.165, 1.54) is 21.7 Å². The quantitative estimate of drug-likeness (QED) is 0.200. The third kappa shape index (κ3) is 5.27. The number of hydrogen-bond acceptors (Lipinski definition) is 7. The molecule has 232 valence electrons. The first-order chi connectivity index (χ1) is 21.5. The number of halogens is 1. The third-order valence-electron chi connectivity index (χ3n) is 9.84. The molecule has 2 aliphatic rings. The first kappa shape index (κ1) is 30.1. The van der Waals surface area contributed by atoms with Crippen LogP contribution in [0.25, 0.3) is 44.3 Å². The second-order valence-electron chi connectivity index (χ2n) is 13.0. The number of hydrogen-bond donors (Lipinski definition) is 1. The highest BCUT2D eigenvalue weighted by Crippen LogP contribution is 2.43. The number of aromatic nitrogens is 2. The minimum absolute atomic E-state index is 0.0270. The maximum absolute atomic E-state index is 11.4. The highest BCUT2D eigenvalue weighted by Gasteiger charge is 2.35. The van der Waals surface area contributed by atoms with Crippen molar-refractivity contribution in [2.24, 2.45) is 5.92 Å². The van der Waals surface area contributed by atoms with Crippen molar-refractivity contribution in [2.45, 2.75) is 52.6 Å². The molecule has 0 aliphatic carbocycles. The molecule has 0 bridgehead atoms. The lowest BCUT2D eigenvalue weighted by Crippen LogP contribution is -2.43. The van der Waals surface area contributed by atoms with E-state index in [4.69, 9.17) is 26.0 Å². The van der Waals surface area contributed by atoms with Gasteiger partial charge in [-0.1, -0.05) is 41.9 Å². The Bertz CT molecular complexity index is 1960. The Labute approximate surface area is 272 Å². The molecule has 3 aromatic carbocycles. The average Bonchev–Trinajstić information content (AvgIpc) is 3.75. The molecule has 0 unspecified atom stereocenters. The van der Waals surface area contributed by atoms with Gasteiger partial charge in [-0.05, 0) is 93.7 Å². The first-order valence-electron chi connectivity index (χ1n) is 15.5. The van der Waals surface area contributed by atoms with Gasteiger partial charge in [0.05, 0.1) is 22.2 Å². The van der Waals surface area contributed by atoms with E-state index in [-0.39, 0.29) is 11.5 Å². The Morgan fingerprint density at radius 2 is 1.73 bits per heavy atom.